The van der Waals surface area contributed by atoms with Crippen LogP contribution in [-0.4, -0.2) is 47.6 Å². The lowest BCUT2D eigenvalue weighted by Crippen LogP contribution is -2.30. The molecule has 0 spiro atoms. The highest BCUT2D eigenvalue weighted by atomic mass is 32.1. The topological polar surface area (TPSA) is 79.7 Å². The normalized spacial score (nSPS) is 12.6. The molecular weight excluding hydrogens is 400 g/mol. The van der Waals surface area contributed by atoms with E-state index in [0.717, 1.165) is 26.7 Å². The SMILES string of the molecule is C/C(=C\C[C@@H](CC(=O)O)C(=O)N(C)C)COCc1sc(-c2ccc(C)cc2)nc1C. The molecule has 2 aromatic rings. The van der Waals surface area contributed by atoms with E-state index in [2.05, 4.69) is 36.2 Å². The third kappa shape index (κ3) is 7.07. The predicted molar refractivity (Wildman–Crippen MR) is 119 cm³/mol. The van der Waals surface area contributed by atoms with Crippen LogP contribution in [0.25, 0.3) is 10.6 Å². The number of thiazole rings is 1. The number of nitrogens with zero attached hydrogens (tertiary/aromatic N) is 2. The lowest BCUT2D eigenvalue weighted by atomic mass is 9.98. The number of ether oxygens (including phenoxy) is 1. The van der Waals surface area contributed by atoms with Crippen LogP contribution in [0.2, 0.25) is 0 Å². The molecule has 6 nitrogen and oxygen atoms in total. The van der Waals surface area contributed by atoms with Crippen molar-refractivity contribution < 1.29 is 19.4 Å². The molecule has 1 amide bonds. The van der Waals surface area contributed by atoms with Crippen LogP contribution in [0.1, 0.15) is 35.9 Å². The van der Waals surface area contributed by atoms with Gasteiger partial charge in [0.15, 0.2) is 0 Å². The highest BCUT2D eigenvalue weighted by molar-refractivity contribution is 7.15. The summed E-state index contributed by atoms with van der Waals surface area (Å²) in [7, 11) is 3.28. The smallest absolute Gasteiger partial charge is 0.304 e. The molecule has 0 bridgehead atoms. The van der Waals surface area contributed by atoms with Gasteiger partial charge in [-0.15, -0.1) is 11.3 Å². The average Bonchev–Trinajstić information content (AvgIpc) is 3.05. The number of carbonyl (C=O) groups is 2. The number of carboxylic acid groups (broad SMARTS) is 1. The van der Waals surface area contributed by atoms with E-state index in [9.17, 15) is 9.59 Å². The number of allylic oxidation sites excluding steroid dienone is 1. The predicted octanol–water partition coefficient (Wildman–Crippen LogP) is 4.46. The summed E-state index contributed by atoms with van der Waals surface area (Å²) < 4.78 is 5.84. The van der Waals surface area contributed by atoms with E-state index in [1.54, 1.807) is 25.4 Å². The molecule has 2 rings (SSSR count). The maximum atomic E-state index is 12.2. The van der Waals surface area contributed by atoms with Crippen molar-refractivity contribution in [1.82, 2.24) is 9.88 Å². The Bertz CT molecular complexity index is 900. The van der Waals surface area contributed by atoms with E-state index in [0.29, 0.717) is 19.6 Å². The second-order valence-electron chi connectivity index (χ2n) is 7.70. The van der Waals surface area contributed by atoms with Crippen molar-refractivity contribution in [2.75, 3.05) is 20.7 Å². The van der Waals surface area contributed by atoms with Crippen LogP contribution in [-0.2, 0) is 20.9 Å². The minimum absolute atomic E-state index is 0.175. The zero-order chi connectivity index (χ0) is 22.3. The van der Waals surface area contributed by atoms with Crippen LogP contribution in [0.15, 0.2) is 35.9 Å². The number of carboxylic acids is 1. The fourth-order valence-corrected chi connectivity index (χ4v) is 3.94. The Balaban J connectivity index is 1.91. The molecule has 1 N–H and O–H groups in total. The van der Waals surface area contributed by atoms with Crippen molar-refractivity contribution >= 4 is 23.2 Å². The summed E-state index contributed by atoms with van der Waals surface area (Å²) in [5, 5.41) is 10.0. The van der Waals surface area contributed by atoms with Crippen molar-refractivity contribution in [1.29, 1.82) is 0 Å². The Labute approximate surface area is 182 Å². The Kier molecular flexibility index (Phi) is 8.74. The minimum Gasteiger partial charge on any atom is -0.481 e. The summed E-state index contributed by atoms with van der Waals surface area (Å²) in [6, 6.07) is 8.31. The van der Waals surface area contributed by atoms with Crippen molar-refractivity contribution in [2.24, 2.45) is 5.92 Å². The summed E-state index contributed by atoms with van der Waals surface area (Å²) >= 11 is 1.63. The first kappa shape index (κ1) is 23.8. The van der Waals surface area contributed by atoms with Gasteiger partial charge in [-0.2, -0.15) is 0 Å². The Morgan fingerprint density at radius 1 is 1.23 bits per heavy atom. The maximum absolute atomic E-state index is 12.2. The van der Waals surface area contributed by atoms with Gasteiger partial charge in [0.2, 0.25) is 5.91 Å². The summed E-state index contributed by atoms with van der Waals surface area (Å²) in [5.74, 6) is -1.71. The standard InChI is InChI=1S/C23H30N2O4S/c1-15-6-9-18(10-7-15)22-24-17(3)20(30-22)14-29-13-16(2)8-11-19(12-21(26)27)23(28)25(4)5/h6-10,19H,11-14H2,1-5H3,(H,26,27)/b16-8+/t19-/m0/s1. The van der Waals surface area contributed by atoms with Gasteiger partial charge < -0.3 is 14.7 Å². The largest absolute Gasteiger partial charge is 0.481 e. The molecule has 0 aliphatic carbocycles. The molecule has 1 atom stereocenters. The molecule has 0 fully saturated rings. The number of carbonyl (C=O) groups excluding carboxylic acids is 1. The van der Waals surface area contributed by atoms with Crippen molar-refractivity contribution in [3.05, 3.63) is 52.0 Å². The van der Waals surface area contributed by atoms with E-state index in [-0.39, 0.29) is 12.3 Å². The van der Waals surface area contributed by atoms with Gasteiger partial charge in [-0.05, 0) is 27.2 Å². The van der Waals surface area contributed by atoms with Crippen molar-refractivity contribution in [3.8, 4) is 10.6 Å². The first-order valence-electron chi connectivity index (χ1n) is 9.87. The highest BCUT2D eigenvalue weighted by Crippen LogP contribution is 2.28. The zero-order valence-corrected chi connectivity index (χ0v) is 19.1. The van der Waals surface area contributed by atoms with Crippen LogP contribution >= 0.6 is 11.3 Å². The van der Waals surface area contributed by atoms with Crippen LogP contribution in [0.4, 0.5) is 0 Å². The third-order valence-corrected chi connectivity index (χ3v) is 5.90. The Morgan fingerprint density at radius 3 is 2.50 bits per heavy atom. The quantitative estimate of drug-likeness (QED) is 0.563. The van der Waals surface area contributed by atoms with Crippen LogP contribution in [0, 0.1) is 19.8 Å². The first-order chi connectivity index (χ1) is 14.2. The fourth-order valence-electron chi connectivity index (χ4n) is 2.94. The van der Waals surface area contributed by atoms with Crippen LogP contribution in [0.3, 0.4) is 0 Å². The average molecular weight is 431 g/mol. The third-order valence-electron chi connectivity index (χ3n) is 4.72. The summed E-state index contributed by atoms with van der Waals surface area (Å²) in [5.41, 5.74) is 4.26. The monoisotopic (exact) mass is 430 g/mol. The molecule has 0 unspecified atom stereocenters. The molecule has 1 aromatic heterocycles. The second-order valence-corrected chi connectivity index (χ2v) is 8.78. The van der Waals surface area contributed by atoms with E-state index >= 15 is 0 Å². The number of rotatable bonds is 10. The number of amides is 1. The van der Waals surface area contributed by atoms with Gasteiger partial charge in [0.05, 0.1) is 36.1 Å². The number of aliphatic carboxylic acids is 1. The van der Waals surface area contributed by atoms with E-state index in [1.807, 2.05) is 19.9 Å². The number of hydrogen-bond donors (Lipinski definition) is 1. The number of aromatic nitrogens is 1. The Hall–Kier alpha value is -2.51. The second kappa shape index (κ2) is 11.0. The molecule has 1 heterocycles. The van der Waals surface area contributed by atoms with Crippen molar-refractivity contribution in [3.63, 3.8) is 0 Å². The lowest BCUT2D eigenvalue weighted by molar-refractivity contribution is -0.143. The highest BCUT2D eigenvalue weighted by Gasteiger charge is 2.22. The van der Waals surface area contributed by atoms with Gasteiger partial charge in [-0.1, -0.05) is 41.5 Å². The van der Waals surface area contributed by atoms with E-state index < -0.39 is 11.9 Å². The van der Waals surface area contributed by atoms with Gasteiger partial charge in [-0.3, -0.25) is 9.59 Å². The molecule has 0 aliphatic rings. The fraction of sp³-hybridized carbons (Fsp3) is 0.435. The van der Waals surface area contributed by atoms with E-state index in [1.165, 1.54) is 10.5 Å². The molecule has 162 valence electrons. The number of hydrogen-bond acceptors (Lipinski definition) is 5. The summed E-state index contributed by atoms with van der Waals surface area (Å²) in [4.78, 5) is 30.4. The zero-order valence-electron chi connectivity index (χ0n) is 18.3. The molecule has 1 aromatic carbocycles. The summed E-state index contributed by atoms with van der Waals surface area (Å²) in [6.07, 6.45) is 2.10. The van der Waals surface area contributed by atoms with Gasteiger partial charge in [0, 0.05) is 19.7 Å². The van der Waals surface area contributed by atoms with Gasteiger partial charge in [0.1, 0.15) is 5.01 Å². The molecule has 7 heteroatoms. The molecule has 0 saturated carbocycles. The number of benzene rings is 1. The van der Waals surface area contributed by atoms with Gasteiger partial charge in [-0.25, -0.2) is 4.98 Å². The molecule has 0 saturated heterocycles. The molecule has 30 heavy (non-hydrogen) atoms. The molecule has 0 radical (unpaired) electrons. The van der Waals surface area contributed by atoms with Gasteiger partial charge in [0.25, 0.3) is 0 Å². The van der Waals surface area contributed by atoms with Crippen LogP contribution < -0.4 is 0 Å². The molecular formula is C23H30N2O4S. The minimum atomic E-state index is -0.970. The lowest BCUT2D eigenvalue weighted by Gasteiger charge is -2.18. The molecule has 0 aliphatic heterocycles. The number of aryl methyl sites for hydroxylation is 2. The first-order valence-corrected chi connectivity index (χ1v) is 10.7. The van der Waals surface area contributed by atoms with E-state index in [4.69, 9.17) is 9.84 Å². The van der Waals surface area contributed by atoms with Crippen LogP contribution in [0.5, 0.6) is 0 Å². The maximum Gasteiger partial charge on any atom is 0.304 e. The van der Waals surface area contributed by atoms with Crippen molar-refractivity contribution in [2.45, 2.75) is 40.2 Å². The Morgan fingerprint density at radius 2 is 1.90 bits per heavy atom. The van der Waals surface area contributed by atoms with Gasteiger partial charge >= 0.3 is 5.97 Å². The summed E-state index contributed by atoms with van der Waals surface area (Å²) in [6.45, 7) is 6.86.